The van der Waals surface area contributed by atoms with E-state index in [1.54, 1.807) is 6.07 Å². The van der Waals surface area contributed by atoms with E-state index < -0.39 is 0 Å². The van der Waals surface area contributed by atoms with Crippen molar-refractivity contribution in [2.75, 3.05) is 0 Å². The summed E-state index contributed by atoms with van der Waals surface area (Å²) < 4.78 is 6.06. The maximum absolute atomic E-state index is 12.3. The van der Waals surface area contributed by atoms with Crippen LogP contribution in [0.5, 0.6) is 5.75 Å². The van der Waals surface area contributed by atoms with Crippen molar-refractivity contribution in [3.8, 4) is 11.8 Å². The van der Waals surface area contributed by atoms with Crippen molar-refractivity contribution in [2.24, 2.45) is 0 Å². The van der Waals surface area contributed by atoms with Gasteiger partial charge in [-0.1, -0.05) is 31.5 Å². The molecule has 0 aromatic heterocycles. The highest BCUT2D eigenvalue weighted by molar-refractivity contribution is 5.94. The number of nitrogens with one attached hydrogen (secondary N) is 1. The fourth-order valence-corrected chi connectivity index (χ4v) is 3.33. The minimum absolute atomic E-state index is 0. The Kier molecular flexibility index (Phi) is 8.07. The van der Waals surface area contributed by atoms with E-state index in [0.29, 0.717) is 11.1 Å². The van der Waals surface area contributed by atoms with Crippen molar-refractivity contribution < 1.29 is 11.0 Å². The second-order valence-corrected chi connectivity index (χ2v) is 7.02. The average molecular weight is 381 g/mol. The van der Waals surface area contributed by atoms with Gasteiger partial charge < -0.3 is 10.1 Å². The van der Waals surface area contributed by atoms with E-state index in [4.69, 9.17) is 10.00 Å². The van der Waals surface area contributed by atoms with Gasteiger partial charge in [-0.05, 0) is 75.4 Å². The highest BCUT2D eigenvalue weighted by Gasteiger charge is 2.24. The highest BCUT2D eigenvalue weighted by Crippen LogP contribution is 2.25. The lowest BCUT2D eigenvalue weighted by molar-refractivity contribution is 0.0894. The molecule has 1 N–H and O–H groups in total. The SMILES string of the molecule is CC.Cc1ccc(C(=O)NC2CCC(Oc3ccc(C#N)c(C)c3)CC2)cc1.[HH]. The van der Waals surface area contributed by atoms with Gasteiger partial charge in [0.1, 0.15) is 5.75 Å². The Balaban J connectivity index is 0.00000136. The van der Waals surface area contributed by atoms with Crippen LogP contribution in [-0.2, 0) is 0 Å². The lowest BCUT2D eigenvalue weighted by atomic mass is 9.92. The van der Waals surface area contributed by atoms with Gasteiger partial charge in [0.15, 0.2) is 0 Å². The smallest absolute Gasteiger partial charge is 0.251 e. The van der Waals surface area contributed by atoms with Crippen LogP contribution in [0, 0.1) is 25.2 Å². The second-order valence-electron chi connectivity index (χ2n) is 7.02. The molecule has 3 rings (SSSR count). The largest absolute Gasteiger partial charge is 0.490 e. The average Bonchev–Trinajstić information content (AvgIpc) is 2.71. The first-order valence-electron chi connectivity index (χ1n) is 10.1. The monoisotopic (exact) mass is 380 g/mol. The number of carbonyl (C=O) groups is 1. The standard InChI is InChI=1S/C22H24N2O2.C2H6.H2/c1-15-3-5-17(6-4-15)22(25)24-19-8-11-20(12-9-19)26-21-10-7-18(14-23)16(2)13-21;1-2;/h3-7,10,13,19-20H,8-9,11-12H2,1-2H3,(H,24,25);1-2H3;1H. The summed E-state index contributed by atoms with van der Waals surface area (Å²) in [7, 11) is 0. The normalized spacial score (nSPS) is 18.2. The predicted octanol–water partition coefficient (Wildman–Crippen LogP) is 5.57. The van der Waals surface area contributed by atoms with E-state index in [0.717, 1.165) is 42.6 Å². The van der Waals surface area contributed by atoms with E-state index in [1.165, 1.54) is 0 Å². The molecule has 0 radical (unpaired) electrons. The summed E-state index contributed by atoms with van der Waals surface area (Å²) in [5.74, 6) is 0.811. The third kappa shape index (κ3) is 5.85. The number of ether oxygens (including phenoxy) is 1. The Hall–Kier alpha value is -2.80. The molecule has 1 saturated carbocycles. The van der Waals surface area contributed by atoms with Crippen LogP contribution < -0.4 is 10.1 Å². The number of hydrogen-bond donors (Lipinski definition) is 1. The summed E-state index contributed by atoms with van der Waals surface area (Å²) >= 11 is 0. The van der Waals surface area contributed by atoms with Gasteiger partial charge in [-0.3, -0.25) is 4.79 Å². The molecule has 150 valence electrons. The molecule has 4 nitrogen and oxygen atoms in total. The summed E-state index contributed by atoms with van der Waals surface area (Å²) in [5, 5.41) is 12.1. The maximum atomic E-state index is 12.3. The maximum Gasteiger partial charge on any atom is 0.251 e. The fraction of sp³-hybridized carbons (Fsp3) is 0.417. The molecule has 0 unspecified atom stereocenters. The van der Waals surface area contributed by atoms with Gasteiger partial charge in [-0.25, -0.2) is 0 Å². The molecule has 0 saturated heterocycles. The van der Waals surface area contributed by atoms with Crippen molar-refractivity contribution >= 4 is 5.91 Å². The third-order valence-electron chi connectivity index (χ3n) is 4.94. The van der Waals surface area contributed by atoms with Crippen LogP contribution >= 0.6 is 0 Å². The number of rotatable bonds is 4. The van der Waals surface area contributed by atoms with Gasteiger partial charge in [-0.2, -0.15) is 5.26 Å². The Morgan fingerprint density at radius 1 is 1.07 bits per heavy atom. The van der Waals surface area contributed by atoms with E-state index in [1.807, 2.05) is 64.1 Å². The lowest BCUT2D eigenvalue weighted by Gasteiger charge is -2.29. The van der Waals surface area contributed by atoms with E-state index >= 15 is 0 Å². The molecule has 1 amide bonds. The second kappa shape index (κ2) is 10.5. The first-order chi connectivity index (χ1) is 13.5. The molecule has 0 heterocycles. The van der Waals surface area contributed by atoms with Crippen molar-refractivity contribution in [2.45, 2.75) is 65.5 Å². The van der Waals surface area contributed by atoms with Crippen LogP contribution in [-0.4, -0.2) is 18.1 Å². The molecule has 2 aromatic carbocycles. The number of carbonyl (C=O) groups excluding carboxylic acids is 1. The zero-order valence-corrected chi connectivity index (χ0v) is 17.3. The van der Waals surface area contributed by atoms with Crippen molar-refractivity contribution in [3.05, 3.63) is 64.7 Å². The number of nitrogens with zero attached hydrogens (tertiary/aromatic N) is 1. The molecule has 0 atom stereocenters. The van der Waals surface area contributed by atoms with Crippen molar-refractivity contribution in [1.82, 2.24) is 5.32 Å². The van der Waals surface area contributed by atoms with E-state index in [-0.39, 0.29) is 19.5 Å². The van der Waals surface area contributed by atoms with E-state index in [9.17, 15) is 4.79 Å². The molecule has 0 bridgehead atoms. The number of amides is 1. The van der Waals surface area contributed by atoms with Crippen LogP contribution in [0.25, 0.3) is 0 Å². The molecule has 28 heavy (non-hydrogen) atoms. The van der Waals surface area contributed by atoms with Crippen LogP contribution in [0.15, 0.2) is 42.5 Å². The van der Waals surface area contributed by atoms with Gasteiger partial charge in [0.05, 0.1) is 17.7 Å². The lowest BCUT2D eigenvalue weighted by Crippen LogP contribution is -2.39. The number of nitriles is 1. The third-order valence-corrected chi connectivity index (χ3v) is 4.94. The summed E-state index contributed by atoms with van der Waals surface area (Å²) in [4.78, 5) is 12.3. The molecule has 2 aromatic rings. The molecule has 4 heteroatoms. The van der Waals surface area contributed by atoms with Gasteiger partial charge in [0.25, 0.3) is 5.91 Å². The summed E-state index contributed by atoms with van der Waals surface area (Å²) in [6, 6.07) is 15.6. The highest BCUT2D eigenvalue weighted by atomic mass is 16.5. The number of aryl methyl sites for hydroxylation is 2. The van der Waals surface area contributed by atoms with Gasteiger partial charge >= 0.3 is 0 Å². The van der Waals surface area contributed by atoms with Gasteiger partial charge in [-0.15, -0.1) is 0 Å². The zero-order chi connectivity index (χ0) is 20.5. The Labute approximate surface area is 170 Å². The van der Waals surface area contributed by atoms with Crippen LogP contribution in [0.1, 0.15) is 68.0 Å². The molecule has 0 spiro atoms. The Bertz CT molecular complexity index is 820. The molecule has 1 fully saturated rings. The zero-order valence-electron chi connectivity index (χ0n) is 17.3. The minimum atomic E-state index is -0.00270. The Morgan fingerprint density at radius 3 is 2.29 bits per heavy atom. The Morgan fingerprint density at radius 2 is 1.71 bits per heavy atom. The van der Waals surface area contributed by atoms with Crippen LogP contribution in [0.4, 0.5) is 0 Å². The summed E-state index contributed by atoms with van der Waals surface area (Å²) in [5.41, 5.74) is 3.48. The predicted molar refractivity (Wildman–Crippen MR) is 115 cm³/mol. The molecule has 0 aliphatic heterocycles. The van der Waals surface area contributed by atoms with E-state index in [2.05, 4.69) is 11.4 Å². The summed E-state index contributed by atoms with van der Waals surface area (Å²) in [6.07, 6.45) is 3.82. The van der Waals surface area contributed by atoms with Gasteiger partial charge in [0, 0.05) is 13.0 Å². The van der Waals surface area contributed by atoms with Crippen molar-refractivity contribution in [3.63, 3.8) is 0 Å². The first kappa shape index (κ1) is 21.5. The fourth-order valence-electron chi connectivity index (χ4n) is 3.33. The minimum Gasteiger partial charge on any atom is -0.490 e. The molecule has 1 aliphatic rings. The number of benzene rings is 2. The summed E-state index contributed by atoms with van der Waals surface area (Å²) in [6.45, 7) is 7.93. The molecular weight excluding hydrogens is 348 g/mol. The molecular formula is C24H32N2O2. The molecule has 1 aliphatic carbocycles. The van der Waals surface area contributed by atoms with Crippen LogP contribution in [0.2, 0.25) is 0 Å². The van der Waals surface area contributed by atoms with Crippen molar-refractivity contribution in [1.29, 1.82) is 5.26 Å². The number of hydrogen-bond acceptors (Lipinski definition) is 3. The van der Waals surface area contributed by atoms with Crippen LogP contribution in [0.3, 0.4) is 0 Å². The first-order valence-corrected chi connectivity index (χ1v) is 10.1. The quantitative estimate of drug-likeness (QED) is 0.754. The topological polar surface area (TPSA) is 62.1 Å². The van der Waals surface area contributed by atoms with Gasteiger partial charge in [0.2, 0.25) is 0 Å².